The third-order valence-electron chi connectivity index (χ3n) is 0.566. The minimum Gasteiger partial charge on any atom is -0.147 e. The Morgan fingerprint density at radius 1 is 1.00 bits per heavy atom. The fourth-order valence-corrected chi connectivity index (χ4v) is 1.36. The average Bonchev–Trinajstić information content (AvgIpc) is 1.72. The van der Waals surface area contributed by atoms with Crippen molar-refractivity contribution in [2.45, 2.75) is 0 Å². The fourth-order valence-electron chi connectivity index (χ4n) is 0.313. The van der Waals surface area contributed by atoms with Crippen molar-refractivity contribution in [3.8, 4) is 0 Å². The van der Waals surface area contributed by atoms with E-state index in [1.54, 1.807) is 0 Å². The second-order valence-corrected chi connectivity index (χ2v) is 2.90. The molecule has 1 aliphatic rings. The van der Waals surface area contributed by atoms with Gasteiger partial charge in [0, 0.05) is 0 Å². The first-order valence-electron chi connectivity index (χ1n) is 1.85. The molecule has 0 atom stereocenters. The predicted molar refractivity (Wildman–Crippen MR) is 37.3 cm³/mol. The molecule has 0 aromatic rings. The van der Waals surface area contributed by atoms with Crippen LogP contribution in [0.5, 0.6) is 0 Å². The summed E-state index contributed by atoms with van der Waals surface area (Å²) < 4.78 is 0. The molecule has 0 unspecified atom stereocenters. The van der Waals surface area contributed by atoms with E-state index in [0.717, 1.165) is 0 Å². The average molecular weight is 176 g/mol. The number of rotatable bonds is 0. The Morgan fingerprint density at radius 2 is 1.86 bits per heavy atom. The molecule has 0 amide bonds. The van der Waals surface area contributed by atoms with Crippen molar-refractivity contribution >= 4 is 32.5 Å². The van der Waals surface area contributed by atoms with E-state index < -0.39 is 0 Å². The van der Waals surface area contributed by atoms with Crippen molar-refractivity contribution in [2.24, 2.45) is 0 Å². The predicted octanol–water partition coefficient (Wildman–Crippen LogP) is 0.998. The molecule has 1 aliphatic heterocycles. The zero-order valence-corrected chi connectivity index (χ0v) is 6.44. The maximum Gasteiger partial charge on any atom is -0.147 e. The van der Waals surface area contributed by atoms with Crippen LogP contribution in [0.15, 0.2) is 23.1 Å². The van der Waals surface area contributed by atoms with Crippen molar-refractivity contribution in [1.29, 1.82) is 0 Å². The van der Waals surface area contributed by atoms with E-state index in [1.165, 1.54) is 0 Å². The van der Waals surface area contributed by atoms with Gasteiger partial charge in [-0.25, -0.2) is 0 Å². The summed E-state index contributed by atoms with van der Waals surface area (Å²) >= 11 is 0.438. The van der Waals surface area contributed by atoms with Crippen LogP contribution < -0.4 is 0 Å². The second kappa shape index (κ2) is 4.36. The van der Waals surface area contributed by atoms with Crippen molar-refractivity contribution in [3.05, 3.63) is 23.1 Å². The molecular weight excluding hydrogens is 170 g/mol. The Labute approximate surface area is 55.9 Å². The van der Waals surface area contributed by atoms with Crippen LogP contribution in [0.4, 0.5) is 0 Å². The molecule has 0 aromatic heterocycles. The van der Waals surface area contributed by atoms with Crippen LogP contribution in [0.3, 0.4) is 0 Å². The first-order valence-corrected chi connectivity index (χ1v) is 4.02. The minimum atomic E-state index is 0. The Kier molecular flexibility index (Phi) is 4.48. The third-order valence-corrected chi connectivity index (χ3v) is 2.01. The molecule has 0 bridgehead atoms. The van der Waals surface area contributed by atoms with E-state index in [-0.39, 0.29) is 12.4 Å². The molecule has 38 valence electrons. The number of hydrogen-bond donors (Lipinski definition) is 0. The van der Waals surface area contributed by atoms with Gasteiger partial charge in [-0.05, 0) is 0 Å². The molecule has 0 spiro atoms. The van der Waals surface area contributed by atoms with Crippen LogP contribution in [0, 0.1) is 0 Å². The molecule has 0 aliphatic carbocycles. The molecule has 7 heavy (non-hydrogen) atoms. The van der Waals surface area contributed by atoms with E-state index >= 15 is 0 Å². The van der Waals surface area contributed by atoms with Gasteiger partial charge >= 0.3 is 43.2 Å². The summed E-state index contributed by atoms with van der Waals surface area (Å²) in [6.07, 6.45) is 6.25. The van der Waals surface area contributed by atoms with Gasteiger partial charge in [-0.15, -0.1) is 12.4 Å². The van der Waals surface area contributed by atoms with E-state index in [2.05, 4.69) is 27.9 Å². The molecule has 0 nitrogen and oxygen atoms in total. The van der Waals surface area contributed by atoms with Gasteiger partial charge in [-0.1, -0.05) is 0 Å². The van der Waals surface area contributed by atoms with Gasteiger partial charge in [0.05, 0.1) is 0 Å². The zero-order chi connectivity index (χ0) is 4.24. The Bertz CT molecular complexity index is 77.5. The zero-order valence-electron chi connectivity index (χ0n) is 3.74. The molecule has 0 N–H and O–H groups in total. The fraction of sp³-hybridized carbons (Fsp3) is 0. The van der Waals surface area contributed by atoms with E-state index in [4.69, 9.17) is 0 Å². The molecule has 0 radical (unpaired) electrons. The summed E-state index contributed by atoms with van der Waals surface area (Å²) in [5.74, 6) is 0. The molecular formula is C5H6AsCl. The first-order chi connectivity index (χ1) is 3.00. The van der Waals surface area contributed by atoms with Crippen LogP contribution in [-0.2, 0) is 0 Å². The molecule has 0 saturated heterocycles. The van der Waals surface area contributed by atoms with Gasteiger partial charge in [0.15, 0.2) is 0 Å². The maximum atomic E-state index is 2.22. The van der Waals surface area contributed by atoms with Crippen molar-refractivity contribution in [2.75, 3.05) is 0 Å². The monoisotopic (exact) mass is 176 g/mol. The van der Waals surface area contributed by atoms with Gasteiger partial charge in [-0.3, -0.25) is 0 Å². The van der Waals surface area contributed by atoms with Gasteiger partial charge in [0.25, 0.3) is 0 Å². The normalized spacial score (nSPS) is 16.0. The molecule has 1 rings (SSSR count). The van der Waals surface area contributed by atoms with Crippen LogP contribution >= 0.6 is 12.4 Å². The smallest absolute Gasteiger partial charge is 0.147 e. The Balaban J connectivity index is 0.000000360. The maximum absolute atomic E-state index is 2.22. The first kappa shape index (κ1) is 7.20. The Morgan fingerprint density at radius 3 is 2.00 bits per heavy atom. The Hall–Kier alpha value is 0.198. The van der Waals surface area contributed by atoms with Crippen LogP contribution in [0.25, 0.3) is 0 Å². The van der Waals surface area contributed by atoms with Crippen molar-refractivity contribution in [3.63, 3.8) is 0 Å². The quantitative estimate of drug-likeness (QED) is 0.483. The summed E-state index contributed by atoms with van der Waals surface area (Å²) in [7, 11) is 0. The van der Waals surface area contributed by atoms with Crippen LogP contribution in [0.2, 0.25) is 0 Å². The van der Waals surface area contributed by atoms with Gasteiger partial charge in [0.2, 0.25) is 0 Å². The van der Waals surface area contributed by atoms with Crippen LogP contribution in [0.1, 0.15) is 0 Å². The second-order valence-electron chi connectivity index (χ2n) is 1.02. The number of allylic oxidation sites excluding steroid dienone is 3. The van der Waals surface area contributed by atoms with Crippen molar-refractivity contribution in [1.82, 2.24) is 0 Å². The summed E-state index contributed by atoms with van der Waals surface area (Å²) in [6.45, 7) is 0. The van der Waals surface area contributed by atoms with E-state index in [0.29, 0.717) is 15.3 Å². The summed E-state index contributed by atoms with van der Waals surface area (Å²) in [6, 6.07) is 0. The van der Waals surface area contributed by atoms with Gasteiger partial charge in [-0.2, -0.15) is 0 Å². The molecule has 2 heteroatoms. The standard InChI is InChI=1S/C5H5As.ClH/c1-2-4-6-5-3-1;/h1-5H;1H. The number of halogens is 1. The van der Waals surface area contributed by atoms with E-state index in [1.807, 2.05) is 0 Å². The largest absolute Gasteiger partial charge is 0.147 e. The summed E-state index contributed by atoms with van der Waals surface area (Å²) in [4.78, 5) is 4.44. The molecule has 0 saturated carbocycles. The minimum absolute atomic E-state index is 0. The SMILES string of the molecule is C1=CC=[As]C=C1.Cl. The molecule has 1 heterocycles. The van der Waals surface area contributed by atoms with Crippen LogP contribution in [-0.4, -0.2) is 20.1 Å². The topological polar surface area (TPSA) is 0 Å². The summed E-state index contributed by atoms with van der Waals surface area (Å²) in [5, 5.41) is 0. The summed E-state index contributed by atoms with van der Waals surface area (Å²) in [5.41, 5.74) is 0. The van der Waals surface area contributed by atoms with Gasteiger partial charge in [0.1, 0.15) is 0 Å². The van der Waals surface area contributed by atoms with Gasteiger partial charge < -0.3 is 0 Å². The number of hydrogen-bond acceptors (Lipinski definition) is 0. The van der Waals surface area contributed by atoms with Crippen molar-refractivity contribution < 1.29 is 0 Å². The third kappa shape index (κ3) is 2.84. The molecule has 0 aromatic carbocycles. The molecule has 0 fully saturated rings. The van der Waals surface area contributed by atoms with E-state index in [9.17, 15) is 0 Å².